The predicted octanol–water partition coefficient (Wildman–Crippen LogP) is 2.37. The number of aromatic nitrogens is 1. The second kappa shape index (κ2) is 3.70. The number of nitrogens with two attached hydrogens (primary N) is 1. The second-order valence-electron chi connectivity index (χ2n) is 3.32. The number of hydrogen-bond acceptors (Lipinski definition) is 2. The number of benzene rings is 1. The Morgan fingerprint density at radius 2 is 2.07 bits per heavy atom. The third kappa shape index (κ3) is 1.55. The number of fused-ring (bicyclic) bond motifs is 1. The Balaban J connectivity index is 2.96. The summed E-state index contributed by atoms with van der Waals surface area (Å²) < 4.78 is 2.57. The molecule has 0 radical (unpaired) electrons. The molecule has 0 unspecified atom stereocenters. The zero-order valence-electron chi connectivity index (χ0n) is 8.33. The van der Waals surface area contributed by atoms with Crippen molar-refractivity contribution >= 4 is 32.5 Å². The van der Waals surface area contributed by atoms with E-state index in [0.29, 0.717) is 12.2 Å². The van der Waals surface area contributed by atoms with Crippen molar-refractivity contribution in [2.75, 3.05) is 5.73 Å². The van der Waals surface area contributed by atoms with E-state index in [2.05, 4.69) is 15.9 Å². The number of nitrogen functional groups attached to an aromatic ring is 1. The first-order valence-electron chi connectivity index (χ1n) is 4.72. The van der Waals surface area contributed by atoms with Crippen molar-refractivity contribution in [2.24, 2.45) is 0 Å². The molecule has 0 saturated heterocycles. The summed E-state index contributed by atoms with van der Waals surface area (Å²) in [6.07, 6.45) is 0. The van der Waals surface area contributed by atoms with E-state index in [0.717, 1.165) is 15.4 Å². The highest BCUT2D eigenvalue weighted by Gasteiger charge is 2.06. The van der Waals surface area contributed by atoms with E-state index in [9.17, 15) is 4.79 Å². The zero-order valence-corrected chi connectivity index (χ0v) is 9.91. The van der Waals surface area contributed by atoms with Gasteiger partial charge >= 0.3 is 0 Å². The fraction of sp³-hybridized carbons (Fsp3) is 0.182. The summed E-state index contributed by atoms with van der Waals surface area (Å²) in [6, 6.07) is 7.04. The maximum absolute atomic E-state index is 11.6. The molecule has 0 atom stereocenters. The van der Waals surface area contributed by atoms with E-state index in [1.54, 1.807) is 22.8 Å². The lowest BCUT2D eigenvalue weighted by atomic mass is 10.2. The summed E-state index contributed by atoms with van der Waals surface area (Å²) in [7, 11) is 0. The molecule has 0 aliphatic rings. The molecule has 78 valence electrons. The van der Waals surface area contributed by atoms with Gasteiger partial charge in [-0.2, -0.15) is 0 Å². The second-order valence-corrected chi connectivity index (χ2v) is 4.11. The zero-order chi connectivity index (χ0) is 11.0. The summed E-state index contributed by atoms with van der Waals surface area (Å²) in [5.41, 5.74) is 7.39. The van der Waals surface area contributed by atoms with Gasteiger partial charge in [-0.25, -0.2) is 0 Å². The Morgan fingerprint density at radius 3 is 2.73 bits per heavy atom. The highest BCUT2D eigenvalue weighted by molar-refractivity contribution is 9.10. The molecule has 0 aliphatic heterocycles. The number of halogens is 1. The van der Waals surface area contributed by atoms with E-state index >= 15 is 0 Å². The van der Waals surface area contributed by atoms with Crippen LogP contribution in [0, 0.1) is 0 Å². The van der Waals surface area contributed by atoms with Crippen molar-refractivity contribution < 1.29 is 0 Å². The van der Waals surface area contributed by atoms with Crippen LogP contribution in [0.5, 0.6) is 0 Å². The van der Waals surface area contributed by atoms with Crippen molar-refractivity contribution in [2.45, 2.75) is 13.5 Å². The Hall–Kier alpha value is -1.29. The Labute approximate surface area is 95.6 Å². The fourth-order valence-corrected chi connectivity index (χ4v) is 2.15. The first-order valence-corrected chi connectivity index (χ1v) is 5.52. The van der Waals surface area contributed by atoms with Crippen LogP contribution in [0.25, 0.3) is 10.9 Å². The molecular weight excluding hydrogens is 256 g/mol. The SMILES string of the molecule is CCn1c(=O)ccc2c(Br)c(N)ccc21. The molecule has 0 spiro atoms. The number of aryl methyl sites for hydroxylation is 1. The summed E-state index contributed by atoms with van der Waals surface area (Å²) in [5.74, 6) is 0. The summed E-state index contributed by atoms with van der Waals surface area (Å²) in [5, 5.41) is 0.969. The Morgan fingerprint density at radius 1 is 1.33 bits per heavy atom. The molecule has 1 aromatic heterocycles. The normalized spacial score (nSPS) is 10.8. The van der Waals surface area contributed by atoms with Gasteiger partial charge in [-0.15, -0.1) is 0 Å². The quantitative estimate of drug-likeness (QED) is 0.806. The van der Waals surface area contributed by atoms with Gasteiger partial charge in [0.25, 0.3) is 5.56 Å². The molecule has 4 heteroatoms. The van der Waals surface area contributed by atoms with Crippen LogP contribution in [0.15, 0.2) is 33.5 Å². The minimum atomic E-state index is 0.0154. The molecule has 2 rings (SSSR count). The van der Waals surface area contributed by atoms with Crippen molar-refractivity contribution in [1.82, 2.24) is 4.57 Å². The lowest BCUT2D eigenvalue weighted by Crippen LogP contribution is -2.18. The molecule has 2 aromatic rings. The lowest BCUT2D eigenvalue weighted by Gasteiger charge is -2.09. The van der Waals surface area contributed by atoms with E-state index < -0.39 is 0 Å². The van der Waals surface area contributed by atoms with Gasteiger partial charge in [-0.1, -0.05) is 0 Å². The molecule has 0 fully saturated rings. The number of pyridine rings is 1. The molecule has 2 N–H and O–H groups in total. The van der Waals surface area contributed by atoms with Crippen LogP contribution < -0.4 is 11.3 Å². The van der Waals surface area contributed by atoms with Crippen molar-refractivity contribution in [3.63, 3.8) is 0 Å². The van der Waals surface area contributed by atoms with Crippen molar-refractivity contribution in [3.8, 4) is 0 Å². The molecular formula is C11H11BrN2O. The van der Waals surface area contributed by atoms with E-state index in [-0.39, 0.29) is 5.56 Å². The highest BCUT2D eigenvalue weighted by atomic mass is 79.9. The van der Waals surface area contributed by atoms with Crippen molar-refractivity contribution in [3.05, 3.63) is 39.1 Å². The molecule has 1 aromatic carbocycles. The average Bonchev–Trinajstić information content (AvgIpc) is 2.23. The van der Waals surface area contributed by atoms with E-state index in [1.807, 2.05) is 13.0 Å². The molecule has 3 nitrogen and oxygen atoms in total. The molecule has 0 amide bonds. The molecule has 1 heterocycles. The van der Waals surface area contributed by atoms with Crippen LogP contribution in [-0.2, 0) is 6.54 Å². The standard InChI is InChI=1S/C11H11BrN2O/c1-2-14-9-5-4-8(13)11(12)7(9)3-6-10(14)15/h3-6H,2,13H2,1H3. The first-order chi connectivity index (χ1) is 7.15. The van der Waals surface area contributed by atoms with Gasteiger partial charge in [0.2, 0.25) is 0 Å². The topological polar surface area (TPSA) is 48.0 Å². The van der Waals surface area contributed by atoms with Crippen LogP contribution in [0.3, 0.4) is 0 Å². The third-order valence-corrected chi connectivity index (χ3v) is 3.34. The van der Waals surface area contributed by atoms with Gasteiger partial charge in [0, 0.05) is 28.2 Å². The fourth-order valence-electron chi connectivity index (χ4n) is 1.68. The molecule has 15 heavy (non-hydrogen) atoms. The molecule has 0 bridgehead atoms. The number of nitrogens with zero attached hydrogens (tertiary/aromatic N) is 1. The number of anilines is 1. The lowest BCUT2D eigenvalue weighted by molar-refractivity contribution is 0.760. The van der Waals surface area contributed by atoms with Gasteiger partial charge in [-0.05, 0) is 41.1 Å². The largest absolute Gasteiger partial charge is 0.398 e. The minimum absolute atomic E-state index is 0.0154. The minimum Gasteiger partial charge on any atom is -0.398 e. The maximum atomic E-state index is 11.6. The van der Waals surface area contributed by atoms with E-state index in [1.165, 1.54) is 0 Å². The summed E-state index contributed by atoms with van der Waals surface area (Å²) in [6.45, 7) is 2.61. The van der Waals surface area contributed by atoms with Gasteiger partial charge in [0.1, 0.15) is 0 Å². The van der Waals surface area contributed by atoms with Crippen LogP contribution in [0.4, 0.5) is 5.69 Å². The Bertz CT molecular complexity index is 575. The smallest absolute Gasteiger partial charge is 0.251 e. The summed E-state index contributed by atoms with van der Waals surface area (Å²) in [4.78, 5) is 11.6. The predicted molar refractivity (Wildman–Crippen MR) is 66.0 cm³/mol. The molecule has 0 aliphatic carbocycles. The van der Waals surface area contributed by atoms with Crippen LogP contribution >= 0.6 is 15.9 Å². The van der Waals surface area contributed by atoms with E-state index in [4.69, 9.17) is 5.73 Å². The van der Waals surface area contributed by atoms with Crippen molar-refractivity contribution in [1.29, 1.82) is 0 Å². The first kappa shape index (κ1) is 10.2. The van der Waals surface area contributed by atoms with Crippen LogP contribution in [0.2, 0.25) is 0 Å². The van der Waals surface area contributed by atoms with Crippen LogP contribution in [-0.4, -0.2) is 4.57 Å². The summed E-state index contributed by atoms with van der Waals surface area (Å²) >= 11 is 3.43. The third-order valence-electron chi connectivity index (χ3n) is 2.45. The Kier molecular flexibility index (Phi) is 2.52. The van der Waals surface area contributed by atoms with Gasteiger partial charge in [0.05, 0.1) is 5.52 Å². The monoisotopic (exact) mass is 266 g/mol. The van der Waals surface area contributed by atoms with Gasteiger partial charge in [-0.3, -0.25) is 4.79 Å². The van der Waals surface area contributed by atoms with Gasteiger partial charge < -0.3 is 10.3 Å². The average molecular weight is 267 g/mol. The van der Waals surface area contributed by atoms with Gasteiger partial charge in [0.15, 0.2) is 0 Å². The highest BCUT2D eigenvalue weighted by Crippen LogP contribution is 2.28. The molecule has 0 saturated carbocycles. The number of rotatable bonds is 1. The maximum Gasteiger partial charge on any atom is 0.251 e. The van der Waals surface area contributed by atoms with Crippen LogP contribution in [0.1, 0.15) is 6.92 Å². The number of hydrogen-bond donors (Lipinski definition) is 1.